The first-order valence-corrected chi connectivity index (χ1v) is 8.19. The van der Waals surface area contributed by atoms with Crippen LogP contribution >= 0.6 is 0 Å². The lowest BCUT2D eigenvalue weighted by atomic mass is 10.3. The molecular formula is C17H21N5O5. The zero-order chi connectivity index (χ0) is 19.7. The van der Waals surface area contributed by atoms with Gasteiger partial charge in [0.25, 0.3) is 5.56 Å². The zero-order valence-electron chi connectivity index (χ0n) is 15.5. The molecule has 10 nitrogen and oxygen atoms in total. The van der Waals surface area contributed by atoms with Gasteiger partial charge >= 0.3 is 5.69 Å². The average Bonchev–Trinajstić information content (AvgIpc) is 3.03. The molecule has 0 aliphatic heterocycles. The Balaban J connectivity index is 2.19. The van der Waals surface area contributed by atoms with Crippen molar-refractivity contribution in [3.05, 3.63) is 39.0 Å². The van der Waals surface area contributed by atoms with Crippen molar-refractivity contribution in [2.45, 2.75) is 6.54 Å². The van der Waals surface area contributed by atoms with E-state index in [1.165, 1.54) is 18.7 Å². The molecule has 2 N–H and O–H groups in total. The minimum atomic E-state index is -0.477. The number of methoxy groups -OCH3 is 2. The first-order chi connectivity index (χ1) is 12.9. The maximum atomic E-state index is 12.6. The second-order valence-electron chi connectivity index (χ2n) is 5.88. The monoisotopic (exact) mass is 375 g/mol. The van der Waals surface area contributed by atoms with Crippen LogP contribution in [0.25, 0.3) is 11.2 Å². The Labute approximate surface area is 154 Å². The van der Waals surface area contributed by atoms with Crippen LogP contribution in [0.3, 0.4) is 0 Å². The molecule has 0 spiro atoms. The van der Waals surface area contributed by atoms with Crippen LogP contribution in [-0.4, -0.2) is 44.6 Å². The lowest BCUT2D eigenvalue weighted by molar-refractivity contribution is 0.278. The van der Waals surface area contributed by atoms with Crippen LogP contribution in [0, 0.1) is 0 Å². The van der Waals surface area contributed by atoms with Gasteiger partial charge in [0.05, 0.1) is 20.8 Å². The molecule has 144 valence electrons. The van der Waals surface area contributed by atoms with E-state index in [9.17, 15) is 14.7 Å². The van der Waals surface area contributed by atoms with Crippen LogP contribution in [-0.2, 0) is 20.6 Å². The molecular weight excluding hydrogens is 354 g/mol. The van der Waals surface area contributed by atoms with Gasteiger partial charge in [0.15, 0.2) is 22.7 Å². The molecule has 0 saturated heterocycles. The largest absolute Gasteiger partial charge is 0.493 e. The molecule has 0 saturated carbocycles. The Morgan fingerprint density at radius 1 is 1.11 bits per heavy atom. The molecule has 0 aliphatic carbocycles. The third-order valence-electron chi connectivity index (χ3n) is 4.31. The number of nitrogens with zero attached hydrogens (tertiary/aromatic N) is 4. The summed E-state index contributed by atoms with van der Waals surface area (Å²) in [5, 5.41) is 12.5. The Morgan fingerprint density at radius 2 is 1.81 bits per heavy atom. The number of imidazole rings is 1. The number of aromatic nitrogens is 4. The molecule has 0 bridgehead atoms. The number of hydrogen-bond donors (Lipinski definition) is 2. The summed E-state index contributed by atoms with van der Waals surface area (Å²) in [5.41, 5.74) is 0.161. The van der Waals surface area contributed by atoms with E-state index in [4.69, 9.17) is 9.47 Å². The minimum absolute atomic E-state index is 0.138. The van der Waals surface area contributed by atoms with E-state index in [0.717, 1.165) is 4.57 Å². The Morgan fingerprint density at radius 3 is 2.44 bits per heavy atom. The minimum Gasteiger partial charge on any atom is -0.493 e. The first kappa shape index (κ1) is 18.5. The third-order valence-corrected chi connectivity index (χ3v) is 4.31. The standard InChI is InChI=1S/C17H21N5O5/c1-20-14-13(15(24)21(2)17(20)25)22(7-8-23)16(19-14)18-10-5-6-11(26-3)12(9-10)27-4/h5-6,9,23H,7-8H2,1-4H3,(H,18,19). The summed E-state index contributed by atoms with van der Waals surface area (Å²) >= 11 is 0. The summed E-state index contributed by atoms with van der Waals surface area (Å²) in [7, 11) is 6.02. The third kappa shape index (κ3) is 3.04. The predicted octanol–water partition coefficient (Wildman–Crippen LogP) is 0.187. The van der Waals surface area contributed by atoms with Gasteiger partial charge in [-0.05, 0) is 12.1 Å². The number of ether oxygens (including phenoxy) is 2. The maximum Gasteiger partial charge on any atom is 0.332 e. The van der Waals surface area contributed by atoms with Gasteiger partial charge in [-0.3, -0.25) is 13.9 Å². The average molecular weight is 375 g/mol. The van der Waals surface area contributed by atoms with Crippen molar-refractivity contribution >= 4 is 22.8 Å². The number of fused-ring (bicyclic) bond motifs is 1. The molecule has 10 heteroatoms. The van der Waals surface area contributed by atoms with Gasteiger partial charge < -0.3 is 24.5 Å². The second kappa shape index (κ2) is 7.16. The molecule has 1 aromatic carbocycles. The van der Waals surface area contributed by atoms with Crippen LogP contribution in [0.2, 0.25) is 0 Å². The molecule has 0 aliphatic rings. The summed E-state index contributed by atoms with van der Waals surface area (Å²) in [6.07, 6.45) is 0. The Hall–Kier alpha value is -3.27. The highest BCUT2D eigenvalue weighted by Crippen LogP contribution is 2.31. The summed E-state index contributed by atoms with van der Waals surface area (Å²) in [4.78, 5) is 29.2. The number of aliphatic hydroxyl groups is 1. The molecule has 0 atom stereocenters. The highest BCUT2D eigenvalue weighted by atomic mass is 16.5. The molecule has 0 unspecified atom stereocenters. The van der Waals surface area contributed by atoms with Crippen molar-refractivity contribution in [3.63, 3.8) is 0 Å². The summed E-state index contributed by atoms with van der Waals surface area (Å²) in [5.74, 6) is 1.42. The van der Waals surface area contributed by atoms with Crippen molar-refractivity contribution < 1.29 is 14.6 Å². The van der Waals surface area contributed by atoms with E-state index in [2.05, 4.69) is 10.3 Å². The van der Waals surface area contributed by atoms with Crippen molar-refractivity contribution in [2.75, 3.05) is 26.1 Å². The van der Waals surface area contributed by atoms with Gasteiger partial charge in [-0.1, -0.05) is 0 Å². The van der Waals surface area contributed by atoms with Gasteiger partial charge in [0, 0.05) is 32.4 Å². The van der Waals surface area contributed by atoms with Crippen LogP contribution in [0.15, 0.2) is 27.8 Å². The van der Waals surface area contributed by atoms with Crippen LogP contribution in [0.4, 0.5) is 11.6 Å². The second-order valence-corrected chi connectivity index (χ2v) is 5.88. The molecule has 2 aromatic heterocycles. The molecule has 0 radical (unpaired) electrons. The number of aliphatic hydroxyl groups excluding tert-OH is 1. The smallest absolute Gasteiger partial charge is 0.332 e. The van der Waals surface area contributed by atoms with Crippen molar-refractivity contribution in [2.24, 2.45) is 14.1 Å². The normalized spacial score (nSPS) is 11.0. The molecule has 27 heavy (non-hydrogen) atoms. The lowest BCUT2D eigenvalue weighted by Crippen LogP contribution is -2.37. The number of hydrogen-bond acceptors (Lipinski definition) is 7. The van der Waals surface area contributed by atoms with Crippen LogP contribution in [0.1, 0.15) is 0 Å². The summed E-state index contributed by atoms with van der Waals surface area (Å²) in [6, 6.07) is 5.22. The van der Waals surface area contributed by atoms with Gasteiger partial charge in [0.2, 0.25) is 5.95 Å². The van der Waals surface area contributed by atoms with Gasteiger partial charge in [-0.25, -0.2) is 4.79 Å². The van der Waals surface area contributed by atoms with E-state index >= 15 is 0 Å². The molecule has 2 heterocycles. The highest BCUT2D eigenvalue weighted by Gasteiger charge is 2.19. The fourth-order valence-corrected chi connectivity index (χ4v) is 2.90. The SMILES string of the molecule is COc1ccc(Nc2nc3c(c(=O)n(C)c(=O)n3C)n2CCO)cc1OC. The number of benzene rings is 1. The number of aryl methyl sites for hydroxylation is 1. The lowest BCUT2D eigenvalue weighted by Gasteiger charge is -2.12. The fraction of sp³-hybridized carbons (Fsp3) is 0.353. The summed E-state index contributed by atoms with van der Waals surface area (Å²) in [6.45, 7) is -0.0579. The van der Waals surface area contributed by atoms with E-state index in [-0.39, 0.29) is 24.3 Å². The predicted molar refractivity (Wildman–Crippen MR) is 100 cm³/mol. The Kier molecular flexibility index (Phi) is 4.91. The fourth-order valence-electron chi connectivity index (χ4n) is 2.90. The van der Waals surface area contributed by atoms with E-state index < -0.39 is 11.2 Å². The van der Waals surface area contributed by atoms with E-state index in [1.54, 1.807) is 36.9 Å². The van der Waals surface area contributed by atoms with Crippen LogP contribution in [0.5, 0.6) is 11.5 Å². The van der Waals surface area contributed by atoms with Crippen molar-refractivity contribution in [1.82, 2.24) is 18.7 Å². The van der Waals surface area contributed by atoms with Crippen molar-refractivity contribution in [3.8, 4) is 11.5 Å². The molecule has 3 aromatic rings. The van der Waals surface area contributed by atoms with Gasteiger partial charge in [0.1, 0.15) is 0 Å². The molecule has 0 amide bonds. The number of rotatable bonds is 6. The van der Waals surface area contributed by atoms with Crippen molar-refractivity contribution in [1.29, 1.82) is 0 Å². The summed E-state index contributed by atoms with van der Waals surface area (Å²) < 4.78 is 14.4. The van der Waals surface area contributed by atoms with E-state index in [1.807, 2.05) is 0 Å². The zero-order valence-corrected chi connectivity index (χ0v) is 15.5. The number of anilines is 2. The topological polar surface area (TPSA) is 113 Å². The highest BCUT2D eigenvalue weighted by molar-refractivity contribution is 5.76. The molecule has 3 rings (SSSR count). The Bertz CT molecular complexity index is 1110. The van der Waals surface area contributed by atoms with Gasteiger partial charge in [-0.2, -0.15) is 4.98 Å². The molecule has 0 fully saturated rings. The van der Waals surface area contributed by atoms with Crippen LogP contribution < -0.4 is 26.0 Å². The quantitative estimate of drug-likeness (QED) is 0.632. The number of nitrogens with one attached hydrogen (secondary N) is 1. The maximum absolute atomic E-state index is 12.6. The first-order valence-electron chi connectivity index (χ1n) is 8.19. The van der Waals surface area contributed by atoms with E-state index in [0.29, 0.717) is 23.1 Å². The van der Waals surface area contributed by atoms with Gasteiger partial charge in [-0.15, -0.1) is 0 Å².